The zero-order valence-corrected chi connectivity index (χ0v) is 10.3. The predicted octanol–water partition coefficient (Wildman–Crippen LogP) is 3.22. The van der Waals surface area contributed by atoms with Crippen LogP contribution in [0.5, 0.6) is 0 Å². The van der Waals surface area contributed by atoms with Crippen LogP contribution in [0.2, 0.25) is 0 Å². The van der Waals surface area contributed by atoms with Crippen LogP contribution in [0.1, 0.15) is 25.0 Å². The highest BCUT2D eigenvalue weighted by Gasteiger charge is 2.36. The molecule has 0 saturated heterocycles. The van der Waals surface area contributed by atoms with Crippen molar-refractivity contribution < 1.29 is 0 Å². The Kier molecular flexibility index (Phi) is 2.61. The molecule has 0 bridgehead atoms. The Balaban J connectivity index is 1.77. The largest absolute Gasteiger partial charge is 0.332 e. The fraction of sp³-hybridized carbons (Fsp3) is 0.308. The van der Waals surface area contributed by atoms with Gasteiger partial charge in [0.1, 0.15) is 0 Å². The second-order valence-electron chi connectivity index (χ2n) is 4.54. The van der Waals surface area contributed by atoms with Crippen molar-refractivity contribution in [1.29, 1.82) is 0 Å². The Morgan fingerprint density at radius 3 is 2.65 bits per heavy atom. The second-order valence-corrected chi connectivity index (χ2v) is 5.40. The molecule has 3 N–H and O–H groups in total. The van der Waals surface area contributed by atoms with Gasteiger partial charge in [-0.2, -0.15) is 0 Å². The molecule has 3 rings (SSSR count). The standard InChI is InChI=1S/C13H15N3S/c14-13(7-4-8-13)11-9-17-12(16-11)15-10-5-2-1-3-6-10/h1-3,5-6,9H,4,7-8,14H2,(H,15,16). The van der Waals surface area contributed by atoms with E-state index < -0.39 is 0 Å². The van der Waals surface area contributed by atoms with E-state index in [1.54, 1.807) is 11.3 Å². The van der Waals surface area contributed by atoms with Crippen LogP contribution in [-0.4, -0.2) is 4.98 Å². The van der Waals surface area contributed by atoms with E-state index in [0.717, 1.165) is 29.4 Å². The maximum Gasteiger partial charge on any atom is 0.187 e. The van der Waals surface area contributed by atoms with E-state index >= 15 is 0 Å². The molecule has 0 atom stereocenters. The van der Waals surface area contributed by atoms with Crippen LogP contribution in [0.4, 0.5) is 10.8 Å². The first-order valence-corrected chi connectivity index (χ1v) is 6.71. The molecule has 1 heterocycles. The van der Waals surface area contributed by atoms with Crippen molar-refractivity contribution in [3.05, 3.63) is 41.4 Å². The normalized spacial score (nSPS) is 17.5. The number of hydrogen-bond acceptors (Lipinski definition) is 4. The topological polar surface area (TPSA) is 50.9 Å². The average molecular weight is 245 g/mol. The van der Waals surface area contributed by atoms with Crippen LogP contribution in [0, 0.1) is 0 Å². The molecule has 1 aliphatic rings. The third-order valence-corrected chi connectivity index (χ3v) is 4.04. The zero-order valence-electron chi connectivity index (χ0n) is 9.52. The summed E-state index contributed by atoms with van der Waals surface area (Å²) < 4.78 is 0. The first-order chi connectivity index (χ1) is 8.26. The number of rotatable bonds is 3. The molecule has 4 heteroatoms. The van der Waals surface area contributed by atoms with Gasteiger partial charge in [0, 0.05) is 11.1 Å². The molecule has 3 nitrogen and oxygen atoms in total. The van der Waals surface area contributed by atoms with Crippen molar-refractivity contribution in [1.82, 2.24) is 4.98 Å². The molecule has 88 valence electrons. The lowest BCUT2D eigenvalue weighted by Crippen LogP contribution is -2.43. The summed E-state index contributed by atoms with van der Waals surface area (Å²) >= 11 is 1.62. The van der Waals surface area contributed by atoms with Crippen LogP contribution in [0.25, 0.3) is 0 Å². The van der Waals surface area contributed by atoms with Gasteiger partial charge in [-0.3, -0.25) is 0 Å². The summed E-state index contributed by atoms with van der Waals surface area (Å²) in [5.74, 6) is 0. The third-order valence-electron chi connectivity index (χ3n) is 3.29. The van der Waals surface area contributed by atoms with Crippen LogP contribution >= 0.6 is 11.3 Å². The number of para-hydroxylation sites is 1. The Hall–Kier alpha value is -1.39. The fourth-order valence-corrected chi connectivity index (χ4v) is 2.86. The van der Waals surface area contributed by atoms with Crippen molar-refractivity contribution >= 4 is 22.2 Å². The summed E-state index contributed by atoms with van der Waals surface area (Å²) in [5, 5.41) is 6.29. The van der Waals surface area contributed by atoms with Gasteiger partial charge in [0.2, 0.25) is 0 Å². The van der Waals surface area contributed by atoms with Gasteiger partial charge in [0.15, 0.2) is 5.13 Å². The molecular weight excluding hydrogens is 230 g/mol. The minimum atomic E-state index is -0.160. The number of benzene rings is 1. The summed E-state index contributed by atoms with van der Waals surface area (Å²) in [6.45, 7) is 0. The molecule has 0 spiro atoms. The van der Waals surface area contributed by atoms with Crippen LogP contribution < -0.4 is 11.1 Å². The number of hydrogen-bond donors (Lipinski definition) is 2. The molecule has 0 aliphatic heterocycles. The highest BCUT2D eigenvalue weighted by atomic mass is 32.1. The van der Waals surface area contributed by atoms with Gasteiger partial charge in [0.05, 0.1) is 11.2 Å². The Morgan fingerprint density at radius 1 is 1.24 bits per heavy atom. The highest BCUT2D eigenvalue weighted by molar-refractivity contribution is 7.13. The maximum absolute atomic E-state index is 6.25. The number of nitrogens with one attached hydrogen (secondary N) is 1. The summed E-state index contributed by atoms with van der Waals surface area (Å²) in [6, 6.07) is 10.1. The quantitative estimate of drug-likeness (QED) is 0.873. The molecule has 1 saturated carbocycles. The molecule has 0 unspecified atom stereocenters. The lowest BCUT2D eigenvalue weighted by Gasteiger charge is -2.36. The molecule has 1 fully saturated rings. The van der Waals surface area contributed by atoms with Crippen molar-refractivity contribution in [2.24, 2.45) is 5.73 Å². The zero-order chi connectivity index (χ0) is 11.7. The summed E-state index contributed by atoms with van der Waals surface area (Å²) in [5.41, 5.74) is 8.19. The van der Waals surface area contributed by atoms with E-state index in [0.29, 0.717) is 0 Å². The first kappa shape index (κ1) is 10.7. The Morgan fingerprint density at radius 2 is 2.00 bits per heavy atom. The number of nitrogens with zero attached hydrogens (tertiary/aromatic N) is 1. The maximum atomic E-state index is 6.25. The van der Waals surface area contributed by atoms with Crippen LogP contribution in [-0.2, 0) is 5.54 Å². The number of anilines is 2. The van der Waals surface area contributed by atoms with E-state index in [9.17, 15) is 0 Å². The molecular formula is C13H15N3S. The molecule has 17 heavy (non-hydrogen) atoms. The van der Waals surface area contributed by atoms with E-state index in [4.69, 9.17) is 5.73 Å². The SMILES string of the molecule is NC1(c2csc(Nc3ccccc3)n2)CCC1. The molecule has 2 aromatic rings. The molecule has 1 aromatic heterocycles. The number of aromatic nitrogens is 1. The molecule has 0 radical (unpaired) electrons. The third kappa shape index (κ3) is 2.06. The minimum absolute atomic E-state index is 0.160. The van der Waals surface area contributed by atoms with Crippen molar-refractivity contribution in [2.75, 3.05) is 5.32 Å². The predicted molar refractivity (Wildman–Crippen MR) is 71.6 cm³/mol. The summed E-state index contributed by atoms with van der Waals surface area (Å²) in [4.78, 5) is 4.58. The Bertz CT molecular complexity index is 502. The second kappa shape index (κ2) is 4.13. The van der Waals surface area contributed by atoms with Crippen molar-refractivity contribution in [3.63, 3.8) is 0 Å². The highest BCUT2D eigenvalue weighted by Crippen LogP contribution is 2.39. The van der Waals surface area contributed by atoms with E-state index in [1.807, 2.05) is 30.3 Å². The lowest BCUT2D eigenvalue weighted by atomic mass is 9.76. The number of thiazole rings is 1. The van der Waals surface area contributed by atoms with Crippen molar-refractivity contribution in [2.45, 2.75) is 24.8 Å². The van der Waals surface area contributed by atoms with Gasteiger partial charge in [-0.15, -0.1) is 11.3 Å². The monoisotopic (exact) mass is 245 g/mol. The molecule has 1 aromatic carbocycles. The van der Waals surface area contributed by atoms with Crippen LogP contribution in [0.3, 0.4) is 0 Å². The van der Waals surface area contributed by atoms with Gasteiger partial charge in [0.25, 0.3) is 0 Å². The summed E-state index contributed by atoms with van der Waals surface area (Å²) in [7, 11) is 0. The van der Waals surface area contributed by atoms with E-state index in [1.165, 1.54) is 6.42 Å². The first-order valence-electron chi connectivity index (χ1n) is 5.83. The smallest absolute Gasteiger partial charge is 0.187 e. The van der Waals surface area contributed by atoms with Gasteiger partial charge in [-0.25, -0.2) is 4.98 Å². The molecule has 0 amide bonds. The van der Waals surface area contributed by atoms with Crippen molar-refractivity contribution in [3.8, 4) is 0 Å². The minimum Gasteiger partial charge on any atom is -0.332 e. The fourth-order valence-electron chi connectivity index (χ4n) is 2.02. The van der Waals surface area contributed by atoms with Gasteiger partial charge < -0.3 is 11.1 Å². The summed E-state index contributed by atoms with van der Waals surface area (Å²) in [6.07, 6.45) is 3.33. The van der Waals surface area contributed by atoms with Crippen LogP contribution in [0.15, 0.2) is 35.7 Å². The van der Waals surface area contributed by atoms with Gasteiger partial charge in [-0.05, 0) is 31.4 Å². The lowest BCUT2D eigenvalue weighted by molar-refractivity contribution is 0.247. The van der Waals surface area contributed by atoms with E-state index in [2.05, 4.69) is 15.7 Å². The number of nitrogens with two attached hydrogens (primary N) is 1. The average Bonchev–Trinajstić information content (AvgIpc) is 2.76. The Labute approximate surface area is 105 Å². The molecule has 1 aliphatic carbocycles. The van der Waals surface area contributed by atoms with Gasteiger partial charge in [-0.1, -0.05) is 18.2 Å². The van der Waals surface area contributed by atoms with Gasteiger partial charge >= 0.3 is 0 Å². The van der Waals surface area contributed by atoms with E-state index in [-0.39, 0.29) is 5.54 Å².